The van der Waals surface area contributed by atoms with E-state index in [1.807, 2.05) is 13.8 Å². The van der Waals surface area contributed by atoms with Crippen LogP contribution in [-0.2, 0) is 21.3 Å². The molecule has 0 aromatic carbocycles. The Labute approximate surface area is 137 Å². The molecule has 1 N–H and O–H groups in total. The minimum atomic E-state index is -3.16. The molecule has 2 aliphatic heterocycles. The number of fused-ring (bicyclic) bond motifs is 1. The van der Waals surface area contributed by atoms with Crippen molar-refractivity contribution in [3.8, 4) is 0 Å². The topological polar surface area (TPSA) is 84.7 Å². The van der Waals surface area contributed by atoms with Gasteiger partial charge in [0, 0.05) is 31.1 Å². The predicted molar refractivity (Wildman–Crippen MR) is 85.4 cm³/mol. The molecule has 0 aliphatic carbocycles. The van der Waals surface area contributed by atoms with Crippen molar-refractivity contribution in [3.05, 3.63) is 17.0 Å². The molecule has 3 atom stereocenters. The highest BCUT2D eigenvalue weighted by atomic mass is 32.2. The Morgan fingerprint density at radius 2 is 2.17 bits per heavy atom. The van der Waals surface area contributed by atoms with Gasteiger partial charge in [-0.25, -0.2) is 13.1 Å². The van der Waals surface area contributed by atoms with Gasteiger partial charge in [0.05, 0.1) is 24.7 Å². The fourth-order valence-electron chi connectivity index (χ4n) is 3.70. The number of likely N-dealkylation sites (tertiary alicyclic amines) is 1. The van der Waals surface area contributed by atoms with Gasteiger partial charge >= 0.3 is 0 Å². The number of hydrogen-bond acceptors (Lipinski definition) is 6. The SMILES string of the molecule is Cc1noc(C)c1CN1CC[C@@H]2[C@@H](CO[C@@H]2CNS(C)(=O)=O)C1. The molecule has 0 unspecified atom stereocenters. The summed E-state index contributed by atoms with van der Waals surface area (Å²) in [5, 5.41) is 4.02. The lowest BCUT2D eigenvalue weighted by Gasteiger charge is -2.35. The standard InChI is InChI=1S/C15H25N3O4S/c1-10-14(11(2)22-17-10)8-18-5-4-13-12(7-18)9-21-15(13)6-16-23(3,19)20/h12-13,15-16H,4-9H2,1-3H3/t12-,13-,15-/m1/s1. The molecule has 2 aliphatic rings. The number of piperidine rings is 1. The average molecular weight is 343 g/mol. The minimum Gasteiger partial charge on any atom is -0.376 e. The number of nitrogens with zero attached hydrogens (tertiary/aromatic N) is 2. The van der Waals surface area contributed by atoms with Crippen molar-refractivity contribution in [2.45, 2.75) is 32.9 Å². The summed E-state index contributed by atoms with van der Waals surface area (Å²) in [6.07, 6.45) is 2.21. The fourth-order valence-corrected chi connectivity index (χ4v) is 4.17. The molecule has 8 heteroatoms. The Balaban J connectivity index is 1.56. The van der Waals surface area contributed by atoms with Crippen LogP contribution in [0.1, 0.15) is 23.4 Å². The summed E-state index contributed by atoms with van der Waals surface area (Å²) in [4.78, 5) is 2.42. The highest BCUT2D eigenvalue weighted by molar-refractivity contribution is 7.88. The second kappa shape index (κ2) is 6.51. The first kappa shape index (κ1) is 16.9. The zero-order valence-electron chi connectivity index (χ0n) is 13.9. The molecular weight excluding hydrogens is 318 g/mol. The number of aryl methyl sites for hydroxylation is 2. The van der Waals surface area contributed by atoms with Crippen molar-refractivity contribution in [1.29, 1.82) is 0 Å². The van der Waals surface area contributed by atoms with Crippen LogP contribution in [0.15, 0.2) is 4.52 Å². The quantitative estimate of drug-likeness (QED) is 0.846. The smallest absolute Gasteiger partial charge is 0.208 e. The van der Waals surface area contributed by atoms with Crippen molar-refractivity contribution in [1.82, 2.24) is 14.8 Å². The van der Waals surface area contributed by atoms with Crippen LogP contribution >= 0.6 is 0 Å². The van der Waals surface area contributed by atoms with Crippen LogP contribution < -0.4 is 4.72 Å². The lowest BCUT2D eigenvalue weighted by atomic mass is 9.84. The van der Waals surface area contributed by atoms with Crippen molar-refractivity contribution < 1.29 is 17.7 Å². The minimum absolute atomic E-state index is 0.00376. The first-order valence-corrected chi connectivity index (χ1v) is 9.93. The third kappa shape index (κ3) is 3.93. The molecule has 7 nitrogen and oxygen atoms in total. The molecule has 1 aromatic rings. The Hall–Kier alpha value is -0.960. The van der Waals surface area contributed by atoms with Gasteiger partial charge in [0.2, 0.25) is 10.0 Å². The Kier molecular flexibility index (Phi) is 4.78. The molecule has 2 saturated heterocycles. The van der Waals surface area contributed by atoms with E-state index in [0.717, 1.165) is 37.5 Å². The lowest BCUT2D eigenvalue weighted by molar-refractivity contribution is 0.0884. The number of sulfonamides is 1. The van der Waals surface area contributed by atoms with Gasteiger partial charge < -0.3 is 9.26 Å². The molecule has 0 spiro atoms. The van der Waals surface area contributed by atoms with E-state index in [1.54, 1.807) is 0 Å². The van der Waals surface area contributed by atoms with Crippen LogP contribution in [0.25, 0.3) is 0 Å². The van der Waals surface area contributed by atoms with Gasteiger partial charge in [-0.2, -0.15) is 0 Å². The molecular formula is C15H25N3O4S. The highest BCUT2D eigenvalue weighted by Gasteiger charge is 2.40. The van der Waals surface area contributed by atoms with Gasteiger partial charge in [0.1, 0.15) is 5.76 Å². The van der Waals surface area contributed by atoms with E-state index in [1.165, 1.54) is 11.8 Å². The molecule has 1 aromatic heterocycles. The Bertz CT molecular complexity index is 638. The Morgan fingerprint density at radius 1 is 1.39 bits per heavy atom. The van der Waals surface area contributed by atoms with Gasteiger partial charge in [0.25, 0.3) is 0 Å². The summed E-state index contributed by atoms with van der Waals surface area (Å²) in [5.41, 5.74) is 2.14. The van der Waals surface area contributed by atoms with Crippen LogP contribution in [-0.4, -0.2) is 57.1 Å². The number of hydrogen-bond donors (Lipinski definition) is 1. The van der Waals surface area contributed by atoms with Gasteiger partial charge in [-0.05, 0) is 32.7 Å². The van der Waals surface area contributed by atoms with E-state index >= 15 is 0 Å². The summed E-state index contributed by atoms with van der Waals surface area (Å²) >= 11 is 0. The molecule has 0 bridgehead atoms. The number of ether oxygens (including phenoxy) is 1. The predicted octanol–water partition coefficient (Wildman–Crippen LogP) is 0.678. The van der Waals surface area contributed by atoms with Crippen LogP contribution in [0.2, 0.25) is 0 Å². The molecule has 130 valence electrons. The molecule has 2 fully saturated rings. The van der Waals surface area contributed by atoms with Crippen LogP contribution in [0.5, 0.6) is 0 Å². The van der Waals surface area contributed by atoms with Crippen LogP contribution in [0.4, 0.5) is 0 Å². The second-order valence-electron chi connectivity index (χ2n) is 6.74. The molecule has 3 rings (SSSR count). The van der Waals surface area contributed by atoms with E-state index in [0.29, 0.717) is 25.0 Å². The van der Waals surface area contributed by atoms with Gasteiger partial charge in [-0.3, -0.25) is 4.90 Å². The zero-order chi connectivity index (χ0) is 16.6. The van der Waals surface area contributed by atoms with Gasteiger partial charge in [0.15, 0.2) is 0 Å². The third-order valence-corrected chi connectivity index (χ3v) is 5.68. The maximum Gasteiger partial charge on any atom is 0.208 e. The summed E-state index contributed by atoms with van der Waals surface area (Å²) < 4.78 is 36.2. The molecule has 0 amide bonds. The third-order valence-electron chi connectivity index (χ3n) is 4.99. The van der Waals surface area contributed by atoms with Crippen LogP contribution in [0.3, 0.4) is 0 Å². The second-order valence-corrected chi connectivity index (χ2v) is 8.58. The van der Waals surface area contributed by atoms with Crippen molar-refractivity contribution >= 4 is 10.0 Å². The highest BCUT2D eigenvalue weighted by Crippen LogP contribution is 2.35. The summed E-state index contributed by atoms with van der Waals surface area (Å²) in [7, 11) is -3.16. The molecule has 0 radical (unpaired) electrons. The molecule has 0 saturated carbocycles. The van der Waals surface area contributed by atoms with Crippen molar-refractivity contribution in [2.75, 3.05) is 32.5 Å². The zero-order valence-corrected chi connectivity index (χ0v) is 14.7. The summed E-state index contributed by atoms with van der Waals surface area (Å²) in [6.45, 7) is 7.84. The first-order chi connectivity index (χ1) is 10.8. The molecule has 23 heavy (non-hydrogen) atoms. The Morgan fingerprint density at radius 3 is 2.83 bits per heavy atom. The first-order valence-electron chi connectivity index (χ1n) is 8.04. The van der Waals surface area contributed by atoms with E-state index in [9.17, 15) is 8.42 Å². The van der Waals surface area contributed by atoms with Gasteiger partial charge in [-0.1, -0.05) is 5.16 Å². The summed E-state index contributed by atoms with van der Waals surface area (Å²) in [6, 6.07) is 0. The summed E-state index contributed by atoms with van der Waals surface area (Å²) in [5.74, 6) is 1.79. The number of aromatic nitrogens is 1. The lowest BCUT2D eigenvalue weighted by Crippen LogP contribution is -2.43. The maximum absolute atomic E-state index is 11.3. The van der Waals surface area contributed by atoms with E-state index in [-0.39, 0.29) is 6.10 Å². The van der Waals surface area contributed by atoms with E-state index in [2.05, 4.69) is 14.8 Å². The van der Waals surface area contributed by atoms with E-state index in [4.69, 9.17) is 9.26 Å². The average Bonchev–Trinajstić information content (AvgIpc) is 3.02. The molecule has 3 heterocycles. The normalized spacial score (nSPS) is 28.9. The fraction of sp³-hybridized carbons (Fsp3) is 0.800. The number of nitrogens with one attached hydrogen (secondary N) is 1. The van der Waals surface area contributed by atoms with Gasteiger partial charge in [-0.15, -0.1) is 0 Å². The monoisotopic (exact) mass is 343 g/mol. The maximum atomic E-state index is 11.3. The van der Waals surface area contributed by atoms with Crippen LogP contribution in [0, 0.1) is 25.7 Å². The van der Waals surface area contributed by atoms with Crippen molar-refractivity contribution in [3.63, 3.8) is 0 Å². The number of rotatable bonds is 5. The van der Waals surface area contributed by atoms with Crippen molar-refractivity contribution in [2.24, 2.45) is 11.8 Å². The van der Waals surface area contributed by atoms with E-state index < -0.39 is 10.0 Å². The largest absolute Gasteiger partial charge is 0.376 e.